The summed E-state index contributed by atoms with van der Waals surface area (Å²) >= 11 is 0. The van der Waals surface area contributed by atoms with Gasteiger partial charge in [0.25, 0.3) is 0 Å². The summed E-state index contributed by atoms with van der Waals surface area (Å²) in [5, 5.41) is 10.9. The minimum Gasteiger partial charge on any atom is -0.333 e. The van der Waals surface area contributed by atoms with E-state index in [-0.39, 0.29) is 5.82 Å². The summed E-state index contributed by atoms with van der Waals surface area (Å²) in [6.45, 7) is 1.89. The third-order valence-electron chi connectivity index (χ3n) is 4.05. The predicted molar refractivity (Wildman–Crippen MR) is 91.9 cm³/mol. The fourth-order valence-electron chi connectivity index (χ4n) is 2.83. The molecule has 3 heterocycles. The Bertz CT molecular complexity index is 1030. The lowest BCUT2D eigenvalue weighted by Crippen LogP contribution is -1.94. The highest BCUT2D eigenvalue weighted by Gasteiger charge is 2.16. The molecule has 0 aliphatic carbocycles. The maximum absolute atomic E-state index is 13.2. The van der Waals surface area contributed by atoms with Gasteiger partial charge in [0.1, 0.15) is 17.2 Å². The standard InChI is InChI=1S/C18H15FN6/c1-11-16(23-24-22-11)13-7-8-20-15(9-13)17-18(25(2)10-21-17)12-3-5-14(19)6-4-12/h3-10H,1-2H3,(H,22,23,24). The first-order valence-corrected chi connectivity index (χ1v) is 7.75. The van der Waals surface area contributed by atoms with E-state index in [9.17, 15) is 4.39 Å². The Morgan fingerprint density at radius 3 is 2.48 bits per heavy atom. The molecule has 1 N–H and O–H groups in total. The molecule has 0 saturated heterocycles. The number of imidazole rings is 1. The summed E-state index contributed by atoms with van der Waals surface area (Å²) in [6.07, 6.45) is 3.45. The largest absolute Gasteiger partial charge is 0.333 e. The minimum absolute atomic E-state index is 0.269. The van der Waals surface area contributed by atoms with Crippen LogP contribution in [0.25, 0.3) is 33.9 Å². The van der Waals surface area contributed by atoms with Crippen molar-refractivity contribution in [3.05, 3.63) is 60.4 Å². The summed E-state index contributed by atoms with van der Waals surface area (Å²) in [4.78, 5) is 8.95. The van der Waals surface area contributed by atoms with Crippen LogP contribution in [0.2, 0.25) is 0 Å². The van der Waals surface area contributed by atoms with Crippen LogP contribution < -0.4 is 0 Å². The number of aromatic amines is 1. The lowest BCUT2D eigenvalue weighted by atomic mass is 10.1. The molecule has 4 rings (SSSR count). The summed E-state index contributed by atoms with van der Waals surface area (Å²) in [5.41, 5.74) is 5.71. The number of H-pyrrole nitrogens is 1. The van der Waals surface area contributed by atoms with Crippen molar-refractivity contribution in [1.29, 1.82) is 0 Å². The van der Waals surface area contributed by atoms with Crippen LogP contribution in [0.5, 0.6) is 0 Å². The Morgan fingerprint density at radius 1 is 0.960 bits per heavy atom. The van der Waals surface area contributed by atoms with E-state index in [0.717, 1.165) is 39.6 Å². The number of halogens is 1. The molecule has 0 fully saturated rings. The number of hydrogen-bond acceptors (Lipinski definition) is 4. The molecule has 1 aromatic carbocycles. The zero-order chi connectivity index (χ0) is 17.4. The highest BCUT2D eigenvalue weighted by molar-refractivity contribution is 5.78. The first-order valence-electron chi connectivity index (χ1n) is 7.75. The monoisotopic (exact) mass is 334 g/mol. The van der Waals surface area contributed by atoms with Gasteiger partial charge in [-0.3, -0.25) is 4.98 Å². The molecule has 25 heavy (non-hydrogen) atoms. The Morgan fingerprint density at radius 2 is 1.76 bits per heavy atom. The van der Waals surface area contributed by atoms with E-state index in [4.69, 9.17) is 0 Å². The molecule has 3 aromatic heterocycles. The Balaban J connectivity index is 1.84. The number of pyridine rings is 1. The highest BCUT2D eigenvalue weighted by Crippen LogP contribution is 2.31. The van der Waals surface area contributed by atoms with Crippen molar-refractivity contribution in [2.45, 2.75) is 6.92 Å². The van der Waals surface area contributed by atoms with Crippen LogP contribution in [0, 0.1) is 12.7 Å². The zero-order valence-electron chi connectivity index (χ0n) is 13.7. The van der Waals surface area contributed by atoms with Crippen LogP contribution in [0.1, 0.15) is 5.69 Å². The number of aromatic nitrogens is 6. The number of rotatable bonds is 3. The van der Waals surface area contributed by atoms with Gasteiger partial charge < -0.3 is 4.57 Å². The van der Waals surface area contributed by atoms with E-state index >= 15 is 0 Å². The molecule has 0 aliphatic heterocycles. The van der Waals surface area contributed by atoms with E-state index in [1.165, 1.54) is 12.1 Å². The van der Waals surface area contributed by atoms with Crippen molar-refractivity contribution in [3.63, 3.8) is 0 Å². The smallest absolute Gasteiger partial charge is 0.123 e. The summed E-state index contributed by atoms with van der Waals surface area (Å²) in [6, 6.07) is 10.2. The highest BCUT2D eigenvalue weighted by atomic mass is 19.1. The molecule has 0 unspecified atom stereocenters. The fraction of sp³-hybridized carbons (Fsp3) is 0.111. The summed E-state index contributed by atoms with van der Waals surface area (Å²) in [5.74, 6) is -0.269. The van der Waals surface area contributed by atoms with Gasteiger partial charge in [-0.25, -0.2) is 9.37 Å². The lowest BCUT2D eigenvalue weighted by molar-refractivity contribution is 0.628. The molecule has 0 radical (unpaired) electrons. The predicted octanol–water partition coefficient (Wildman–Crippen LogP) is 3.38. The fourth-order valence-corrected chi connectivity index (χ4v) is 2.83. The molecule has 4 aromatic rings. The second-order valence-corrected chi connectivity index (χ2v) is 5.75. The van der Waals surface area contributed by atoms with Crippen molar-refractivity contribution in [1.82, 2.24) is 29.9 Å². The molecule has 6 nitrogen and oxygen atoms in total. The van der Waals surface area contributed by atoms with Gasteiger partial charge in [0.2, 0.25) is 0 Å². The van der Waals surface area contributed by atoms with Gasteiger partial charge in [0, 0.05) is 24.4 Å². The van der Waals surface area contributed by atoms with E-state index in [2.05, 4.69) is 25.4 Å². The first-order chi connectivity index (χ1) is 12.1. The number of nitrogens with one attached hydrogen (secondary N) is 1. The van der Waals surface area contributed by atoms with Gasteiger partial charge in [-0.15, -0.1) is 0 Å². The van der Waals surface area contributed by atoms with Crippen molar-refractivity contribution in [3.8, 4) is 33.9 Å². The van der Waals surface area contributed by atoms with Crippen molar-refractivity contribution in [2.75, 3.05) is 0 Å². The van der Waals surface area contributed by atoms with Gasteiger partial charge >= 0.3 is 0 Å². The molecule has 0 amide bonds. The van der Waals surface area contributed by atoms with Gasteiger partial charge in [-0.1, -0.05) is 0 Å². The first kappa shape index (κ1) is 15.2. The number of benzene rings is 1. The van der Waals surface area contributed by atoms with E-state index in [0.29, 0.717) is 0 Å². The van der Waals surface area contributed by atoms with E-state index in [1.807, 2.05) is 30.7 Å². The summed E-state index contributed by atoms with van der Waals surface area (Å²) < 4.78 is 15.2. The van der Waals surface area contributed by atoms with Crippen LogP contribution >= 0.6 is 0 Å². The molecule has 0 bridgehead atoms. The van der Waals surface area contributed by atoms with E-state index < -0.39 is 0 Å². The molecule has 0 saturated carbocycles. The molecule has 7 heteroatoms. The van der Waals surface area contributed by atoms with Crippen molar-refractivity contribution >= 4 is 0 Å². The Kier molecular flexibility index (Phi) is 3.61. The van der Waals surface area contributed by atoms with Crippen LogP contribution in [0.3, 0.4) is 0 Å². The van der Waals surface area contributed by atoms with Gasteiger partial charge in [-0.2, -0.15) is 15.4 Å². The second kappa shape index (κ2) is 5.94. The van der Waals surface area contributed by atoms with Crippen molar-refractivity contribution < 1.29 is 4.39 Å². The normalized spacial score (nSPS) is 11.0. The molecule has 0 spiro atoms. The number of aryl methyl sites for hydroxylation is 2. The topological polar surface area (TPSA) is 72.3 Å². The van der Waals surface area contributed by atoms with Gasteiger partial charge in [0.15, 0.2) is 0 Å². The van der Waals surface area contributed by atoms with Crippen LogP contribution in [0.15, 0.2) is 48.9 Å². The molecular weight excluding hydrogens is 319 g/mol. The lowest BCUT2D eigenvalue weighted by Gasteiger charge is -2.07. The van der Waals surface area contributed by atoms with Gasteiger partial charge in [0.05, 0.1) is 23.4 Å². The Labute approximate surface area is 143 Å². The molecule has 124 valence electrons. The number of hydrogen-bond donors (Lipinski definition) is 1. The van der Waals surface area contributed by atoms with Crippen LogP contribution in [-0.2, 0) is 7.05 Å². The van der Waals surface area contributed by atoms with E-state index in [1.54, 1.807) is 24.7 Å². The van der Waals surface area contributed by atoms with Gasteiger partial charge in [-0.05, 0) is 43.3 Å². The minimum atomic E-state index is -0.269. The Hall–Kier alpha value is -3.35. The quantitative estimate of drug-likeness (QED) is 0.623. The molecule has 0 atom stereocenters. The number of nitrogens with zero attached hydrogens (tertiary/aromatic N) is 5. The van der Waals surface area contributed by atoms with Crippen LogP contribution in [-0.4, -0.2) is 29.9 Å². The average molecular weight is 334 g/mol. The third-order valence-corrected chi connectivity index (χ3v) is 4.05. The second-order valence-electron chi connectivity index (χ2n) is 5.75. The maximum Gasteiger partial charge on any atom is 0.123 e. The summed E-state index contributed by atoms with van der Waals surface area (Å²) in [7, 11) is 1.90. The van der Waals surface area contributed by atoms with Crippen molar-refractivity contribution in [2.24, 2.45) is 7.05 Å². The maximum atomic E-state index is 13.2. The molecule has 0 aliphatic rings. The average Bonchev–Trinajstić information content (AvgIpc) is 3.22. The SMILES string of the molecule is Cc1n[nH]nc1-c1ccnc(-c2ncn(C)c2-c2ccc(F)cc2)c1. The third kappa shape index (κ3) is 2.69. The zero-order valence-corrected chi connectivity index (χ0v) is 13.7. The van der Waals surface area contributed by atoms with Crippen LogP contribution in [0.4, 0.5) is 4.39 Å². The molecular formula is C18H15FN6.